The van der Waals surface area contributed by atoms with Crippen LogP contribution in [0.4, 0.5) is 5.69 Å². The number of aromatic amines is 1. The molecule has 3 N–H and O–H groups in total. The zero-order chi connectivity index (χ0) is 14.3. The van der Waals surface area contributed by atoms with Crippen LogP contribution in [0.5, 0.6) is 0 Å². The molecule has 106 valence electrons. The SMILES string of the molecule is CC(C)C1CCCN1C(=O)c1cc2cc(N)ccc2[nH]1. The Morgan fingerprint density at radius 3 is 2.95 bits per heavy atom. The summed E-state index contributed by atoms with van der Waals surface area (Å²) < 4.78 is 0. The average Bonchev–Trinajstić information content (AvgIpc) is 3.03. The highest BCUT2D eigenvalue weighted by Crippen LogP contribution is 2.26. The molecule has 1 aromatic carbocycles. The van der Waals surface area contributed by atoms with Crippen molar-refractivity contribution in [3.05, 3.63) is 30.0 Å². The number of rotatable bonds is 2. The fraction of sp³-hybridized carbons (Fsp3) is 0.438. The first-order chi connectivity index (χ1) is 9.56. The highest BCUT2D eigenvalue weighted by atomic mass is 16.2. The van der Waals surface area contributed by atoms with Crippen LogP contribution in [-0.2, 0) is 0 Å². The number of hydrogen-bond donors (Lipinski definition) is 2. The van der Waals surface area contributed by atoms with Gasteiger partial charge in [0.05, 0.1) is 0 Å². The molecule has 1 saturated heterocycles. The number of nitrogens with zero attached hydrogens (tertiary/aromatic N) is 1. The molecule has 0 spiro atoms. The number of H-pyrrole nitrogens is 1. The van der Waals surface area contributed by atoms with E-state index in [1.165, 1.54) is 0 Å². The number of likely N-dealkylation sites (tertiary alicyclic amines) is 1. The molecule has 4 nitrogen and oxygen atoms in total. The van der Waals surface area contributed by atoms with Crippen LogP contribution in [0.2, 0.25) is 0 Å². The molecule has 0 radical (unpaired) electrons. The average molecular weight is 271 g/mol. The number of nitrogens with two attached hydrogens (primary N) is 1. The van der Waals surface area contributed by atoms with E-state index in [1.807, 2.05) is 29.2 Å². The molecule has 0 aliphatic carbocycles. The van der Waals surface area contributed by atoms with Crippen LogP contribution >= 0.6 is 0 Å². The van der Waals surface area contributed by atoms with Crippen LogP contribution < -0.4 is 5.73 Å². The Kier molecular flexibility index (Phi) is 3.16. The number of nitrogens with one attached hydrogen (secondary N) is 1. The molecular formula is C16H21N3O. The van der Waals surface area contributed by atoms with E-state index in [-0.39, 0.29) is 5.91 Å². The first-order valence-electron chi connectivity index (χ1n) is 7.25. The largest absolute Gasteiger partial charge is 0.399 e. The summed E-state index contributed by atoms with van der Waals surface area (Å²) in [5.74, 6) is 0.609. The molecule has 2 heterocycles. The fourth-order valence-corrected chi connectivity index (χ4v) is 3.16. The normalized spacial score (nSPS) is 19.1. The number of aromatic nitrogens is 1. The molecule has 0 bridgehead atoms. The first-order valence-corrected chi connectivity index (χ1v) is 7.25. The van der Waals surface area contributed by atoms with E-state index >= 15 is 0 Å². The van der Waals surface area contributed by atoms with Gasteiger partial charge in [-0.05, 0) is 43.0 Å². The monoisotopic (exact) mass is 271 g/mol. The number of benzene rings is 1. The number of nitrogen functional groups attached to an aromatic ring is 1. The first kappa shape index (κ1) is 13.0. The molecule has 1 amide bonds. The molecule has 1 atom stereocenters. The van der Waals surface area contributed by atoms with Gasteiger partial charge in [0.1, 0.15) is 5.69 Å². The highest BCUT2D eigenvalue weighted by Gasteiger charge is 2.31. The van der Waals surface area contributed by atoms with E-state index in [2.05, 4.69) is 18.8 Å². The van der Waals surface area contributed by atoms with Gasteiger partial charge in [-0.2, -0.15) is 0 Å². The van der Waals surface area contributed by atoms with Crippen LogP contribution in [0.15, 0.2) is 24.3 Å². The van der Waals surface area contributed by atoms with Crippen molar-refractivity contribution < 1.29 is 4.79 Å². The zero-order valence-electron chi connectivity index (χ0n) is 12.0. The summed E-state index contributed by atoms with van der Waals surface area (Å²) in [6, 6.07) is 7.93. The van der Waals surface area contributed by atoms with E-state index in [0.29, 0.717) is 17.7 Å². The third-order valence-electron chi connectivity index (χ3n) is 4.20. The minimum atomic E-state index is 0.107. The quantitative estimate of drug-likeness (QED) is 0.825. The predicted octanol–water partition coefficient (Wildman–Crippen LogP) is 3.01. The maximum atomic E-state index is 12.7. The second kappa shape index (κ2) is 4.85. The summed E-state index contributed by atoms with van der Waals surface area (Å²) in [4.78, 5) is 17.9. The maximum Gasteiger partial charge on any atom is 0.270 e. The maximum absolute atomic E-state index is 12.7. The van der Waals surface area contributed by atoms with E-state index < -0.39 is 0 Å². The van der Waals surface area contributed by atoms with Crippen molar-refractivity contribution in [1.29, 1.82) is 0 Å². The molecule has 1 unspecified atom stereocenters. The van der Waals surface area contributed by atoms with Crippen molar-refractivity contribution in [2.45, 2.75) is 32.7 Å². The molecule has 1 aromatic heterocycles. The Hall–Kier alpha value is -1.97. The molecular weight excluding hydrogens is 250 g/mol. The van der Waals surface area contributed by atoms with Gasteiger partial charge in [-0.25, -0.2) is 0 Å². The molecule has 3 rings (SSSR count). The second-order valence-corrected chi connectivity index (χ2v) is 5.98. The lowest BCUT2D eigenvalue weighted by Gasteiger charge is -2.27. The lowest BCUT2D eigenvalue weighted by molar-refractivity contribution is 0.0696. The van der Waals surface area contributed by atoms with Crippen LogP contribution in [-0.4, -0.2) is 28.4 Å². The number of hydrogen-bond acceptors (Lipinski definition) is 2. The van der Waals surface area contributed by atoms with Crippen LogP contribution in [0.25, 0.3) is 10.9 Å². The van der Waals surface area contributed by atoms with E-state index in [9.17, 15) is 4.79 Å². The number of anilines is 1. The van der Waals surface area contributed by atoms with Crippen LogP contribution in [0.3, 0.4) is 0 Å². The van der Waals surface area contributed by atoms with E-state index in [4.69, 9.17) is 5.73 Å². The summed E-state index contributed by atoms with van der Waals surface area (Å²) in [6.45, 7) is 5.23. The topological polar surface area (TPSA) is 62.1 Å². The van der Waals surface area contributed by atoms with Gasteiger partial charge in [0, 0.05) is 29.2 Å². The third kappa shape index (κ3) is 2.15. The van der Waals surface area contributed by atoms with Crippen molar-refractivity contribution in [1.82, 2.24) is 9.88 Å². The lowest BCUT2D eigenvalue weighted by atomic mass is 10.0. The number of carbonyl (C=O) groups is 1. The standard InChI is InChI=1S/C16H21N3O/c1-10(2)15-4-3-7-19(15)16(20)14-9-11-8-12(17)5-6-13(11)18-14/h5-6,8-10,15,18H,3-4,7,17H2,1-2H3. The van der Waals surface area contributed by atoms with Crippen molar-refractivity contribution in [2.75, 3.05) is 12.3 Å². The summed E-state index contributed by atoms with van der Waals surface area (Å²) in [5.41, 5.74) is 8.13. The molecule has 0 saturated carbocycles. The predicted molar refractivity (Wildman–Crippen MR) is 81.6 cm³/mol. The van der Waals surface area contributed by atoms with Gasteiger partial charge in [-0.15, -0.1) is 0 Å². The van der Waals surface area contributed by atoms with Gasteiger partial charge in [0.15, 0.2) is 0 Å². The zero-order valence-corrected chi connectivity index (χ0v) is 12.0. The van der Waals surface area contributed by atoms with Crippen molar-refractivity contribution in [3.8, 4) is 0 Å². The van der Waals surface area contributed by atoms with Crippen LogP contribution in [0, 0.1) is 5.92 Å². The summed E-state index contributed by atoms with van der Waals surface area (Å²) in [6.07, 6.45) is 2.21. The van der Waals surface area contributed by atoms with Crippen molar-refractivity contribution in [2.24, 2.45) is 5.92 Å². The van der Waals surface area contributed by atoms with Gasteiger partial charge >= 0.3 is 0 Å². The van der Waals surface area contributed by atoms with Crippen LogP contribution in [0.1, 0.15) is 37.2 Å². The minimum absolute atomic E-state index is 0.107. The highest BCUT2D eigenvalue weighted by molar-refractivity contribution is 5.98. The summed E-state index contributed by atoms with van der Waals surface area (Å²) in [7, 11) is 0. The number of amides is 1. The molecule has 1 aliphatic heterocycles. The van der Waals surface area contributed by atoms with Gasteiger partial charge in [-0.3, -0.25) is 4.79 Å². The second-order valence-electron chi connectivity index (χ2n) is 5.98. The number of fused-ring (bicyclic) bond motifs is 1. The Balaban J connectivity index is 1.92. The molecule has 20 heavy (non-hydrogen) atoms. The Labute approximate surface area is 118 Å². The van der Waals surface area contributed by atoms with Gasteiger partial charge in [0.2, 0.25) is 0 Å². The Morgan fingerprint density at radius 2 is 2.20 bits per heavy atom. The smallest absolute Gasteiger partial charge is 0.270 e. The van der Waals surface area contributed by atoms with Gasteiger partial charge in [-0.1, -0.05) is 13.8 Å². The molecule has 1 fully saturated rings. The van der Waals surface area contributed by atoms with E-state index in [0.717, 1.165) is 36.0 Å². The lowest BCUT2D eigenvalue weighted by Crippen LogP contribution is -2.38. The van der Waals surface area contributed by atoms with Gasteiger partial charge < -0.3 is 15.6 Å². The molecule has 2 aromatic rings. The van der Waals surface area contributed by atoms with Crippen molar-refractivity contribution >= 4 is 22.5 Å². The number of carbonyl (C=O) groups excluding carboxylic acids is 1. The third-order valence-corrected chi connectivity index (χ3v) is 4.20. The minimum Gasteiger partial charge on any atom is -0.399 e. The molecule has 1 aliphatic rings. The van der Waals surface area contributed by atoms with Gasteiger partial charge in [0.25, 0.3) is 5.91 Å². The Bertz CT molecular complexity index is 644. The summed E-state index contributed by atoms with van der Waals surface area (Å²) in [5, 5.41) is 0.994. The van der Waals surface area contributed by atoms with E-state index in [1.54, 1.807) is 0 Å². The fourth-order valence-electron chi connectivity index (χ4n) is 3.16. The molecule has 4 heteroatoms. The Morgan fingerprint density at radius 1 is 1.40 bits per heavy atom. The van der Waals surface area contributed by atoms with Crippen molar-refractivity contribution in [3.63, 3.8) is 0 Å². The summed E-state index contributed by atoms with van der Waals surface area (Å²) >= 11 is 0.